The molecule has 2 N–H and O–H groups in total. The van der Waals surface area contributed by atoms with Gasteiger partial charge in [-0.2, -0.15) is 4.99 Å². The zero-order valence-electron chi connectivity index (χ0n) is 7.39. The number of rotatable bonds is 2. The van der Waals surface area contributed by atoms with Gasteiger partial charge in [-0.3, -0.25) is 0 Å². The first kappa shape index (κ1) is 10.6. The molecule has 0 amide bonds. The van der Waals surface area contributed by atoms with Crippen LogP contribution in [0.25, 0.3) is 0 Å². The number of isocyanates is 1. The third-order valence-corrected chi connectivity index (χ3v) is 2.59. The quantitative estimate of drug-likeness (QED) is 0.575. The second kappa shape index (κ2) is 3.71. The zero-order valence-corrected chi connectivity index (χ0v) is 8.21. The number of primary sulfonamides is 1. The summed E-state index contributed by atoms with van der Waals surface area (Å²) in [6.07, 6.45) is 1.34. The number of aliphatic imine (C=N–C) groups is 1. The lowest BCUT2D eigenvalue weighted by atomic mass is 10.2. The molecule has 6 heteroatoms. The molecular formula is C8H8N2O3S. The molecule has 0 heterocycles. The van der Waals surface area contributed by atoms with Crippen LogP contribution in [-0.2, 0) is 14.8 Å². The van der Waals surface area contributed by atoms with Crippen LogP contribution < -0.4 is 5.14 Å². The van der Waals surface area contributed by atoms with Crippen LogP contribution in [0.5, 0.6) is 0 Å². The maximum Gasteiger partial charge on any atom is 0.240 e. The van der Waals surface area contributed by atoms with E-state index in [4.69, 9.17) is 5.14 Å². The van der Waals surface area contributed by atoms with E-state index in [1.54, 1.807) is 6.92 Å². The first-order valence-electron chi connectivity index (χ1n) is 3.66. The third-order valence-electron chi connectivity index (χ3n) is 1.68. The Hall–Kier alpha value is -1.49. The summed E-state index contributed by atoms with van der Waals surface area (Å²) >= 11 is 0. The van der Waals surface area contributed by atoms with Crippen molar-refractivity contribution >= 4 is 21.8 Å². The van der Waals surface area contributed by atoms with Crippen LogP contribution in [0.3, 0.4) is 0 Å². The number of benzene rings is 1. The highest BCUT2D eigenvalue weighted by Crippen LogP contribution is 2.21. The summed E-state index contributed by atoms with van der Waals surface area (Å²) in [7, 11) is -3.75. The number of sulfonamides is 1. The summed E-state index contributed by atoms with van der Waals surface area (Å²) in [4.78, 5) is 13.3. The lowest BCUT2D eigenvalue weighted by Gasteiger charge is -2.01. The molecule has 0 saturated carbocycles. The summed E-state index contributed by atoms with van der Waals surface area (Å²) in [5, 5.41) is 4.90. The normalized spacial score (nSPS) is 10.7. The second-order valence-corrected chi connectivity index (χ2v) is 4.26. The van der Waals surface area contributed by atoms with Gasteiger partial charge in [0.05, 0.1) is 10.6 Å². The first-order chi connectivity index (χ1) is 6.45. The molecular weight excluding hydrogens is 204 g/mol. The summed E-state index contributed by atoms with van der Waals surface area (Å²) < 4.78 is 21.9. The van der Waals surface area contributed by atoms with Crippen molar-refractivity contribution in [2.45, 2.75) is 11.8 Å². The van der Waals surface area contributed by atoms with E-state index in [9.17, 15) is 13.2 Å². The van der Waals surface area contributed by atoms with Gasteiger partial charge in [-0.05, 0) is 24.6 Å². The van der Waals surface area contributed by atoms with Gasteiger partial charge in [0.15, 0.2) is 0 Å². The van der Waals surface area contributed by atoms with Crippen molar-refractivity contribution in [3.63, 3.8) is 0 Å². The molecule has 0 unspecified atom stereocenters. The maximum atomic E-state index is 10.9. The molecule has 5 nitrogen and oxygen atoms in total. The van der Waals surface area contributed by atoms with Crippen LogP contribution >= 0.6 is 0 Å². The molecule has 0 aliphatic carbocycles. The molecule has 74 valence electrons. The smallest absolute Gasteiger partial charge is 0.225 e. The minimum Gasteiger partial charge on any atom is -0.225 e. The molecule has 1 aromatic rings. The molecule has 0 aliphatic rings. The number of carbonyl (C=O) groups excluding carboxylic acids is 1. The van der Waals surface area contributed by atoms with Crippen LogP contribution in [0.15, 0.2) is 28.1 Å². The largest absolute Gasteiger partial charge is 0.240 e. The Bertz CT molecular complexity index is 501. The molecule has 0 fully saturated rings. The summed E-state index contributed by atoms with van der Waals surface area (Å²) in [5.41, 5.74) is 0.937. The van der Waals surface area contributed by atoms with Gasteiger partial charge in [0.1, 0.15) is 0 Å². The van der Waals surface area contributed by atoms with Crippen molar-refractivity contribution in [2.75, 3.05) is 0 Å². The highest BCUT2D eigenvalue weighted by atomic mass is 32.2. The van der Waals surface area contributed by atoms with E-state index in [0.717, 1.165) is 0 Å². The summed E-state index contributed by atoms with van der Waals surface area (Å²) in [5.74, 6) is 0. The Morgan fingerprint density at radius 1 is 1.43 bits per heavy atom. The minimum atomic E-state index is -3.75. The van der Waals surface area contributed by atoms with E-state index in [1.807, 2.05) is 0 Å². The number of hydrogen-bond donors (Lipinski definition) is 1. The molecule has 0 atom stereocenters. The topological polar surface area (TPSA) is 89.6 Å². The lowest BCUT2D eigenvalue weighted by molar-refractivity contribution is 0.565. The maximum absolute atomic E-state index is 10.9. The van der Waals surface area contributed by atoms with Gasteiger partial charge in [0.2, 0.25) is 16.1 Å². The zero-order chi connectivity index (χ0) is 10.8. The van der Waals surface area contributed by atoms with Crippen molar-refractivity contribution in [3.8, 4) is 0 Å². The Labute approximate surface area is 81.3 Å². The highest BCUT2D eigenvalue weighted by molar-refractivity contribution is 7.89. The number of nitrogens with zero attached hydrogens (tertiary/aromatic N) is 1. The van der Waals surface area contributed by atoms with Crippen molar-refractivity contribution < 1.29 is 13.2 Å². The molecule has 1 aromatic carbocycles. The van der Waals surface area contributed by atoms with Crippen molar-refractivity contribution in [3.05, 3.63) is 23.8 Å². The highest BCUT2D eigenvalue weighted by Gasteiger charge is 2.09. The van der Waals surface area contributed by atoms with Crippen molar-refractivity contribution in [1.82, 2.24) is 0 Å². The van der Waals surface area contributed by atoms with E-state index in [0.29, 0.717) is 5.56 Å². The minimum absolute atomic E-state index is 0.0721. The standard InChI is InChI=1S/C8H8N2O3S/c1-6-2-3-7(14(9,12)13)4-8(6)10-5-11/h2-4H,1H3,(H2,9,12,13). The fraction of sp³-hybridized carbons (Fsp3) is 0.125. The lowest BCUT2D eigenvalue weighted by Crippen LogP contribution is -2.11. The fourth-order valence-electron chi connectivity index (χ4n) is 0.936. The van der Waals surface area contributed by atoms with Gasteiger partial charge in [-0.15, -0.1) is 0 Å². The van der Waals surface area contributed by atoms with E-state index < -0.39 is 10.0 Å². The van der Waals surface area contributed by atoms with E-state index in [1.165, 1.54) is 24.3 Å². The average Bonchev–Trinajstić information content (AvgIpc) is 2.07. The van der Waals surface area contributed by atoms with Crippen LogP contribution in [0, 0.1) is 6.92 Å². The monoisotopic (exact) mass is 212 g/mol. The SMILES string of the molecule is Cc1ccc(S(N)(=O)=O)cc1N=C=O. The van der Waals surface area contributed by atoms with Gasteiger partial charge in [-0.1, -0.05) is 6.07 Å². The van der Waals surface area contributed by atoms with Gasteiger partial charge in [-0.25, -0.2) is 18.4 Å². The molecule has 1 rings (SSSR count). The average molecular weight is 212 g/mol. The van der Waals surface area contributed by atoms with Crippen LogP contribution in [0.4, 0.5) is 5.69 Å². The predicted molar refractivity (Wildman–Crippen MR) is 50.3 cm³/mol. The van der Waals surface area contributed by atoms with Gasteiger partial charge in [0, 0.05) is 0 Å². The fourth-order valence-corrected chi connectivity index (χ4v) is 1.47. The Morgan fingerprint density at radius 3 is 2.57 bits per heavy atom. The van der Waals surface area contributed by atoms with Crippen LogP contribution in [0.1, 0.15) is 5.56 Å². The van der Waals surface area contributed by atoms with E-state index >= 15 is 0 Å². The summed E-state index contributed by atoms with van der Waals surface area (Å²) in [6, 6.07) is 4.11. The number of nitrogens with two attached hydrogens (primary N) is 1. The second-order valence-electron chi connectivity index (χ2n) is 2.70. The van der Waals surface area contributed by atoms with Gasteiger partial charge >= 0.3 is 0 Å². The Kier molecular flexibility index (Phi) is 2.81. The van der Waals surface area contributed by atoms with Crippen molar-refractivity contribution in [1.29, 1.82) is 0 Å². The van der Waals surface area contributed by atoms with Gasteiger partial charge < -0.3 is 0 Å². The Morgan fingerprint density at radius 2 is 2.07 bits per heavy atom. The van der Waals surface area contributed by atoms with Crippen LogP contribution in [-0.4, -0.2) is 14.5 Å². The van der Waals surface area contributed by atoms with Crippen LogP contribution in [0.2, 0.25) is 0 Å². The third kappa shape index (κ3) is 2.26. The molecule has 0 spiro atoms. The molecule has 0 aliphatic heterocycles. The molecule has 0 radical (unpaired) electrons. The van der Waals surface area contributed by atoms with Crippen molar-refractivity contribution in [2.24, 2.45) is 10.1 Å². The number of hydrogen-bond acceptors (Lipinski definition) is 4. The van der Waals surface area contributed by atoms with Gasteiger partial charge in [0.25, 0.3) is 0 Å². The molecule has 0 bridgehead atoms. The summed E-state index contributed by atoms with van der Waals surface area (Å²) in [6.45, 7) is 1.70. The molecule has 14 heavy (non-hydrogen) atoms. The van der Waals surface area contributed by atoms with E-state index in [-0.39, 0.29) is 10.6 Å². The predicted octanol–water partition coefficient (Wildman–Crippen LogP) is 0.610. The van der Waals surface area contributed by atoms with E-state index in [2.05, 4.69) is 4.99 Å². The molecule has 0 saturated heterocycles. The Balaban J connectivity index is 3.41. The molecule has 0 aromatic heterocycles. The number of aryl methyl sites for hydroxylation is 1. The first-order valence-corrected chi connectivity index (χ1v) is 5.21.